The van der Waals surface area contributed by atoms with Crippen LogP contribution in [0, 0.1) is 0 Å². The number of hydrogen-bond donors (Lipinski definition) is 1. The van der Waals surface area contributed by atoms with E-state index in [0.717, 1.165) is 25.9 Å². The van der Waals surface area contributed by atoms with Crippen molar-refractivity contribution in [1.29, 1.82) is 0 Å². The molecule has 2 aliphatic rings. The van der Waals surface area contributed by atoms with Crippen LogP contribution in [0.15, 0.2) is 0 Å². The van der Waals surface area contributed by atoms with Gasteiger partial charge in [-0.2, -0.15) is 0 Å². The van der Waals surface area contributed by atoms with E-state index < -0.39 is 6.10 Å². The molecule has 0 bridgehead atoms. The maximum Gasteiger partial charge on any atom is 0.236 e. The molecule has 6 nitrogen and oxygen atoms in total. The molecule has 1 atom stereocenters. The minimum absolute atomic E-state index is 0.0482. The first-order valence-corrected chi connectivity index (χ1v) is 7.00. The highest BCUT2D eigenvalue weighted by Crippen LogP contribution is 2.09. The van der Waals surface area contributed by atoms with Crippen molar-refractivity contribution >= 4 is 11.8 Å². The van der Waals surface area contributed by atoms with Crippen molar-refractivity contribution in [3.63, 3.8) is 0 Å². The van der Waals surface area contributed by atoms with Gasteiger partial charge in [0, 0.05) is 33.1 Å². The van der Waals surface area contributed by atoms with E-state index in [2.05, 4.69) is 4.90 Å². The van der Waals surface area contributed by atoms with Crippen molar-refractivity contribution in [2.45, 2.75) is 25.9 Å². The number of hydrogen-bond acceptors (Lipinski definition) is 4. The minimum Gasteiger partial charge on any atom is -0.389 e. The van der Waals surface area contributed by atoms with Gasteiger partial charge < -0.3 is 14.9 Å². The molecule has 2 fully saturated rings. The third-order valence-electron chi connectivity index (χ3n) is 3.86. The third-order valence-corrected chi connectivity index (χ3v) is 3.86. The third kappa shape index (κ3) is 3.91. The topological polar surface area (TPSA) is 64.1 Å². The number of amides is 2. The maximum atomic E-state index is 12.2. The van der Waals surface area contributed by atoms with Gasteiger partial charge in [-0.15, -0.1) is 0 Å². The smallest absolute Gasteiger partial charge is 0.236 e. The van der Waals surface area contributed by atoms with Crippen LogP contribution in [0.2, 0.25) is 0 Å². The van der Waals surface area contributed by atoms with E-state index in [4.69, 9.17) is 0 Å². The van der Waals surface area contributed by atoms with Crippen molar-refractivity contribution < 1.29 is 14.7 Å². The van der Waals surface area contributed by atoms with Crippen LogP contribution in [0.25, 0.3) is 0 Å². The lowest BCUT2D eigenvalue weighted by atomic mass is 10.3. The second kappa shape index (κ2) is 6.34. The molecule has 0 radical (unpaired) electrons. The molecule has 0 aromatic heterocycles. The summed E-state index contributed by atoms with van der Waals surface area (Å²) in [5, 5.41) is 9.89. The summed E-state index contributed by atoms with van der Waals surface area (Å²) in [5.74, 6) is 0.0132. The van der Waals surface area contributed by atoms with Gasteiger partial charge in [0.15, 0.2) is 0 Å². The molecular weight excluding hydrogens is 246 g/mol. The molecule has 2 heterocycles. The number of aliphatic hydroxyl groups excluding tert-OH is 1. The number of aliphatic hydroxyl groups is 1. The van der Waals surface area contributed by atoms with Gasteiger partial charge in [0.05, 0.1) is 12.6 Å². The van der Waals surface area contributed by atoms with Gasteiger partial charge in [-0.05, 0) is 25.9 Å². The first-order valence-electron chi connectivity index (χ1n) is 7.00. The number of likely N-dealkylation sites (tertiary alicyclic amines) is 1. The molecule has 0 aromatic carbocycles. The number of rotatable bonds is 2. The van der Waals surface area contributed by atoms with Crippen molar-refractivity contribution in [2.24, 2.45) is 0 Å². The summed E-state index contributed by atoms with van der Waals surface area (Å²) in [4.78, 5) is 29.0. The van der Waals surface area contributed by atoms with Gasteiger partial charge in [0.2, 0.25) is 11.8 Å². The van der Waals surface area contributed by atoms with Crippen molar-refractivity contribution in [2.75, 3.05) is 45.8 Å². The SMILES string of the molecule is CC(=O)N1CCN(C(=O)CN2CCCC2)C[C@@H](O)C1. The second-order valence-electron chi connectivity index (χ2n) is 5.44. The molecule has 6 heteroatoms. The fourth-order valence-electron chi connectivity index (χ4n) is 2.74. The van der Waals surface area contributed by atoms with Crippen LogP contribution >= 0.6 is 0 Å². The average Bonchev–Trinajstić information content (AvgIpc) is 2.76. The zero-order valence-electron chi connectivity index (χ0n) is 11.5. The summed E-state index contributed by atoms with van der Waals surface area (Å²) in [6.45, 7) is 5.59. The Hall–Kier alpha value is -1.14. The first-order chi connectivity index (χ1) is 9.06. The van der Waals surface area contributed by atoms with E-state index in [9.17, 15) is 14.7 Å². The highest BCUT2D eigenvalue weighted by molar-refractivity contribution is 5.78. The lowest BCUT2D eigenvalue weighted by Crippen LogP contribution is -2.43. The molecule has 0 aromatic rings. The van der Waals surface area contributed by atoms with E-state index in [1.807, 2.05) is 0 Å². The Labute approximate surface area is 114 Å². The number of carbonyl (C=O) groups excluding carboxylic acids is 2. The first kappa shape index (κ1) is 14.3. The molecule has 0 unspecified atom stereocenters. The van der Waals surface area contributed by atoms with Crippen molar-refractivity contribution in [1.82, 2.24) is 14.7 Å². The lowest BCUT2D eigenvalue weighted by Gasteiger charge is -2.24. The minimum atomic E-state index is -0.645. The Morgan fingerprint density at radius 3 is 2.26 bits per heavy atom. The van der Waals surface area contributed by atoms with E-state index in [0.29, 0.717) is 32.7 Å². The largest absolute Gasteiger partial charge is 0.389 e. The van der Waals surface area contributed by atoms with Crippen LogP contribution in [0.3, 0.4) is 0 Å². The Morgan fingerprint density at radius 1 is 1.05 bits per heavy atom. The summed E-state index contributed by atoms with van der Waals surface area (Å²) in [6.07, 6.45) is 1.68. The zero-order valence-corrected chi connectivity index (χ0v) is 11.5. The summed E-state index contributed by atoms with van der Waals surface area (Å²) < 4.78 is 0. The molecule has 108 valence electrons. The zero-order chi connectivity index (χ0) is 13.8. The van der Waals surface area contributed by atoms with Crippen LogP contribution in [-0.2, 0) is 9.59 Å². The summed E-state index contributed by atoms with van der Waals surface area (Å²) in [6, 6.07) is 0. The molecule has 1 N–H and O–H groups in total. The molecule has 19 heavy (non-hydrogen) atoms. The normalized spacial score (nSPS) is 25.5. The van der Waals surface area contributed by atoms with Gasteiger partial charge in [-0.3, -0.25) is 14.5 Å². The van der Waals surface area contributed by atoms with E-state index >= 15 is 0 Å². The molecule has 0 saturated carbocycles. The maximum absolute atomic E-state index is 12.2. The van der Waals surface area contributed by atoms with Gasteiger partial charge in [0.25, 0.3) is 0 Å². The molecule has 2 aliphatic heterocycles. The standard InChI is InChI=1S/C13H23N3O3/c1-11(17)15-6-7-16(9-12(18)8-15)13(19)10-14-4-2-3-5-14/h12,18H,2-10H2,1H3/t12-/m0/s1. The number of carbonyl (C=O) groups is 2. The van der Waals surface area contributed by atoms with Crippen LogP contribution in [0.1, 0.15) is 19.8 Å². The highest BCUT2D eigenvalue weighted by Gasteiger charge is 2.26. The predicted molar refractivity (Wildman–Crippen MR) is 70.5 cm³/mol. The van der Waals surface area contributed by atoms with Gasteiger partial charge in [-0.1, -0.05) is 0 Å². The Morgan fingerprint density at radius 2 is 1.63 bits per heavy atom. The van der Waals surface area contributed by atoms with E-state index in [-0.39, 0.29) is 11.8 Å². The quantitative estimate of drug-likeness (QED) is 0.708. The summed E-state index contributed by atoms with van der Waals surface area (Å²) in [5.41, 5.74) is 0. The molecule has 2 rings (SSSR count). The Kier molecular flexibility index (Phi) is 4.76. The fraction of sp³-hybridized carbons (Fsp3) is 0.846. The monoisotopic (exact) mass is 269 g/mol. The molecule has 0 aliphatic carbocycles. The molecule has 0 spiro atoms. The van der Waals surface area contributed by atoms with Crippen LogP contribution in [0.5, 0.6) is 0 Å². The summed E-state index contributed by atoms with van der Waals surface area (Å²) >= 11 is 0. The Bertz CT molecular complexity index is 342. The van der Waals surface area contributed by atoms with Gasteiger partial charge in [0.1, 0.15) is 0 Å². The average molecular weight is 269 g/mol. The van der Waals surface area contributed by atoms with Crippen LogP contribution in [-0.4, -0.2) is 83.5 Å². The van der Waals surface area contributed by atoms with E-state index in [1.165, 1.54) is 6.92 Å². The van der Waals surface area contributed by atoms with Crippen molar-refractivity contribution in [3.8, 4) is 0 Å². The number of nitrogens with zero attached hydrogens (tertiary/aromatic N) is 3. The highest BCUT2D eigenvalue weighted by atomic mass is 16.3. The van der Waals surface area contributed by atoms with Crippen LogP contribution in [0.4, 0.5) is 0 Å². The Balaban J connectivity index is 1.88. The van der Waals surface area contributed by atoms with E-state index in [1.54, 1.807) is 9.80 Å². The lowest BCUT2D eigenvalue weighted by molar-refractivity contribution is -0.133. The van der Waals surface area contributed by atoms with Crippen LogP contribution < -0.4 is 0 Å². The van der Waals surface area contributed by atoms with Gasteiger partial charge in [-0.25, -0.2) is 0 Å². The fourth-order valence-corrected chi connectivity index (χ4v) is 2.74. The van der Waals surface area contributed by atoms with Crippen molar-refractivity contribution in [3.05, 3.63) is 0 Å². The summed E-state index contributed by atoms with van der Waals surface area (Å²) in [7, 11) is 0. The second-order valence-corrected chi connectivity index (χ2v) is 5.44. The molecular formula is C13H23N3O3. The predicted octanol–water partition coefficient (Wildman–Crippen LogP) is -0.866. The molecule has 2 saturated heterocycles. The molecule has 2 amide bonds. The van der Waals surface area contributed by atoms with Gasteiger partial charge >= 0.3 is 0 Å². The number of β-amino-alcohol motifs (C(OH)–C–C–N with tert-alkyl or cyclic N) is 1.